The van der Waals surface area contributed by atoms with Crippen LogP contribution in [0, 0.1) is 5.92 Å². The maximum Gasteiger partial charge on any atom is 0.203 e. The zero-order valence-electron chi connectivity index (χ0n) is 7.62. The number of anilines is 1. The number of fused-ring (bicyclic) bond motifs is 1. The summed E-state index contributed by atoms with van der Waals surface area (Å²) >= 11 is 0. The quantitative estimate of drug-likeness (QED) is 0.688. The van der Waals surface area contributed by atoms with Crippen molar-refractivity contribution in [1.29, 1.82) is 0 Å². The third-order valence-corrected chi connectivity index (χ3v) is 2.68. The Morgan fingerprint density at radius 1 is 1.75 bits per heavy atom. The summed E-state index contributed by atoms with van der Waals surface area (Å²) in [5.74, 6) is 1.73. The molecular formula is C9H15N3. The number of nitrogens with one attached hydrogen (secondary N) is 1. The van der Waals surface area contributed by atoms with E-state index in [1.54, 1.807) is 0 Å². The van der Waals surface area contributed by atoms with E-state index in [9.17, 15) is 0 Å². The molecule has 3 nitrogen and oxygen atoms in total. The van der Waals surface area contributed by atoms with Gasteiger partial charge in [-0.25, -0.2) is 4.98 Å². The standard InChI is InChI=1S/C9H15N3/c1-3-8-7(2)6-11-9-10-4-5-12(8)9/h4-5,7-8H,3,6H2,1-2H3,(H,10,11). The fourth-order valence-corrected chi connectivity index (χ4v) is 1.98. The Kier molecular flexibility index (Phi) is 1.79. The Labute approximate surface area is 72.8 Å². The van der Waals surface area contributed by atoms with Crippen LogP contribution in [-0.2, 0) is 0 Å². The third kappa shape index (κ3) is 1.00. The Balaban J connectivity index is 2.34. The minimum Gasteiger partial charge on any atom is -0.355 e. The molecule has 0 fully saturated rings. The fourth-order valence-electron chi connectivity index (χ4n) is 1.98. The molecule has 0 saturated heterocycles. The molecule has 3 heteroatoms. The van der Waals surface area contributed by atoms with E-state index in [0.717, 1.165) is 12.5 Å². The van der Waals surface area contributed by atoms with Crippen LogP contribution in [0.25, 0.3) is 0 Å². The molecule has 2 unspecified atom stereocenters. The number of hydrogen-bond acceptors (Lipinski definition) is 2. The maximum atomic E-state index is 4.24. The molecule has 2 rings (SSSR count). The first-order valence-corrected chi connectivity index (χ1v) is 4.59. The molecule has 0 amide bonds. The van der Waals surface area contributed by atoms with Gasteiger partial charge in [0.2, 0.25) is 5.95 Å². The molecule has 0 spiro atoms. The molecule has 1 aromatic rings. The molecule has 66 valence electrons. The number of imidazole rings is 1. The highest BCUT2D eigenvalue weighted by molar-refractivity contribution is 5.29. The molecule has 2 heterocycles. The lowest BCUT2D eigenvalue weighted by atomic mass is 9.98. The smallest absolute Gasteiger partial charge is 0.203 e. The molecular weight excluding hydrogens is 150 g/mol. The second kappa shape index (κ2) is 2.81. The summed E-state index contributed by atoms with van der Waals surface area (Å²) in [5.41, 5.74) is 0. The zero-order chi connectivity index (χ0) is 8.55. The van der Waals surface area contributed by atoms with Crippen molar-refractivity contribution in [2.45, 2.75) is 26.3 Å². The highest BCUT2D eigenvalue weighted by atomic mass is 15.2. The summed E-state index contributed by atoms with van der Waals surface area (Å²) < 4.78 is 2.24. The summed E-state index contributed by atoms with van der Waals surface area (Å²) in [6.45, 7) is 5.57. The van der Waals surface area contributed by atoms with Crippen molar-refractivity contribution >= 4 is 5.95 Å². The molecule has 0 saturated carbocycles. The van der Waals surface area contributed by atoms with Crippen molar-refractivity contribution in [2.75, 3.05) is 11.9 Å². The normalized spacial score (nSPS) is 27.8. The fraction of sp³-hybridized carbons (Fsp3) is 0.667. The van der Waals surface area contributed by atoms with E-state index in [1.165, 1.54) is 6.42 Å². The minimum absolute atomic E-state index is 0.628. The average molecular weight is 165 g/mol. The summed E-state index contributed by atoms with van der Waals surface area (Å²) in [5, 5.41) is 3.31. The molecule has 0 aromatic carbocycles. The zero-order valence-corrected chi connectivity index (χ0v) is 7.62. The summed E-state index contributed by atoms with van der Waals surface area (Å²) in [6, 6.07) is 0.628. The van der Waals surface area contributed by atoms with Crippen LogP contribution in [0.2, 0.25) is 0 Å². The van der Waals surface area contributed by atoms with Gasteiger partial charge in [0, 0.05) is 25.0 Å². The second-order valence-electron chi connectivity index (χ2n) is 3.49. The van der Waals surface area contributed by atoms with Gasteiger partial charge in [0.1, 0.15) is 0 Å². The van der Waals surface area contributed by atoms with E-state index in [-0.39, 0.29) is 0 Å². The molecule has 0 radical (unpaired) electrons. The maximum absolute atomic E-state index is 4.24. The Hall–Kier alpha value is -0.990. The van der Waals surface area contributed by atoms with E-state index in [4.69, 9.17) is 0 Å². The van der Waals surface area contributed by atoms with Crippen LogP contribution in [0.5, 0.6) is 0 Å². The van der Waals surface area contributed by atoms with Gasteiger partial charge < -0.3 is 9.88 Å². The van der Waals surface area contributed by atoms with E-state index >= 15 is 0 Å². The molecule has 2 atom stereocenters. The first-order valence-electron chi connectivity index (χ1n) is 4.59. The largest absolute Gasteiger partial charge is 0.355 e. The van der Waals surface area contributed by atoms with Gasteiger partial charge in [-0.2, -0.15) is 0 Å². The number of nitrogens with zero attached hydrogens (tertiary/aromatic N) is 2. The lowest BCUT2D eigenvalue weighted by molar-refractivity contribution is 0.338. The van der Waals surface area contributed by atoms with Crippen LogP contribution >= 0.6 is 0 Å². The van der Waals surface area contributed by atoms with Crippen LogP contribution in [0.15, 0.2) is 12.4 Å². The van der Waals surface area contributed by atoms with Gasteiger partial charge in [-0.3, -0.25) is 0 Å². The molecule has 12 heavy (non-hydrogen) atoms. The second-order valence-corrected chi connectivity index (χ2v) is 3.49. The van der Waals surface area contributed by atoms with Gasteiger partial charge >= 0.3 is 0 Å². The first-order chi connectivity index (χ1) is 5.83. The first kappa shape index (κ1) is 7.65. The number of rotatable bonds is 1. The van der Waals surface area contributed by atoms with Crippen molar-refractivity contribution < 1.29 is 0 Å². The summed E-state index contributed by atoms with van der Waals surface area (Å²) in [4.78, 5) is 4.24. The number of hydrogen-bond donors (Lipinski definition) is 1. The Bertz CT molecular complexity index is 266. The lowest BCUT2D eigenvalue weighted by Gasteiger charge is -2.31. The third-order valence-electron chi connectivity index (χ3n) is 2.68. The average Bonchev–Trinajstić information content (AvgIpc) is 2.52. The van der Waals surface area contributed by atoms with Crippen molar-refractivity contribution in [3.8, 4) is 0 Å². The molecule has 1 aromatic heterocycles. The predicted molar refractivity (Wildman–Crippen MR) is 49.2 cm³/mol. The van der Waals surface area contributed by atoms with Crippen LogP contribution in [0.1, 0.15) is 26.3 Å². The predicted octanol–water partition coefficient (Wildman–Crippen LogP) is 1.90. The van der Waals surface area contributed by atoms with Gasteiger partial charge in [0.15, 0.2) is 0 Å². The van der Waals surface area contributed by atoms with E-state index in [0.29, 0.717) is 12.0 Å². The van der Waals surface area contributed by atoms with Gasteiger partial charge in [-0.05, 0) is 12.3 Å². The van der Waals surface area contributed by atoms with Crippen LogP contribution in [0.4, 0.5) is 5.95 Å². The highest BCUT2D eigenvalue weighted by Crippen LogP contribution is 2.28. The molecule has 0 aliphatic carbocycles. The summed E-state index contributed by atoms with van der Waals surface area (Å²) in [6.07, 6.45) is 5.11. The Morgan fingerprint density at radius 2 is 2.58 bits per heavy atom. The Morgan fingerprint density at radius 3 is 3.33 bits per heavy atom. The van der Waals surface area contributed by atoms with E-state index in [1.807, 2.05) is 6.20 Å². The molecule has 1 aliphatic rings. The lowest BCUT2D eigenvalue weighted by Crippen LogP contribution is -2.30. The highest BCUT2D eigenvalue weighted by Gasteiger charge is 2.23. The van der Waals surface area contributed by atoms with Crippen molar-refractivity contribution in [2.24, 2.45) is 5.92 Å². The van der Waals surface area contributed by atoms with E-state index < -0.39 is 0 Å². The van der Waals surface area contributed by atoms with Crippen molar-refractivity contribution in [3.63, 3.8) is 0 Å². The molecule has 1 N–H and O–H groups in total. The monoisotopic (exact) mass is 165 g/mol. The number of aromatic nitrogens is 2. The molecule has 0 bridgehead atoms. The van der Waals surface area contributed by atoms with Crippen molar-refractivity contribution in [1.82, 2.24) is 9.55 Å². The topological polar surface area (TPSA) is 29.9 Å². The van der Waals surface area contributed by atoms with Crippen LogP contribution in [0.3, 0.4) is 0 Å². The SMILES string of the molecule is CCC1C(C)CNc2nccn21. The van der Waals surface area contributed by atoms with Gasteiger partial charge in [0.05, 0.1) is 0 Å². The van der Waals surface area contributed by atoms with Crippen molar-refractivity contribution in [3.05, 3.63) is 12.4 Å². The van der Waals surface area contributed by atoms with Gasteiger partial charge in [0.25, 0.3) is 0 Å². The molecule has 1 aliphatic heterocycles. The van der Waals surface area contributed by atoms with Gasteiger partial charge in [-0.15, -0.1) is 0 Å². The van der Waals surface area contributed by atoms with E-state index in [2.05, 4.69) is 34.9 Å². The van der Waals surface area contributed by atoms with Crippen LogP contribution < -0.4 is 5.32 Å². The summed E-state index contributed by atoms with van der Waals surface area (Å²) in [7, 11) is 0. The minimum atomic E-state index is 0.628. The van der Waals surface area contributed by atoms with Crippen LogP contribution in [-0.4, -0.2) is 16.1 Å². The van der Waals surface area contributed by atoms with Gasteiger partial charge in [-0.1, -0.05) is 13.8 Å².